The first-order chi connectivity index (χ1) is 9.24. The first-order valence-electron chi connectivity index (χ1n) is 7.02. The van der Waals surface area contributed by atoms with E-state index >= 15 is 0 Å². The van der Waals surface area contributed by atoms with Crippen LogP contribution < -0.4 is 10.1 Å². The number of ether oxygens (including phenoxy) is 1. The molecule has 1 aromatic rings. The third-order valence-corrected chi connectivity index (χ3v) is 3.50. The lowest BCUT2D eigenvalue weighted by atomic mass is 10.0. The predicted molar refractivity (Wildman–Crippen MR) is 76.7 cm³/mol. The van der Waals surface area contributed by atoms with Crippen LogP contribution in [0.4, 0.5) is 5.69 Å². The molecule has 0 bridgehead atoms. The summed E-state index contributed by atoms with van der Waals surface area (Å²) in [6.07, 6.45) is 2.29. The fourth-order valence-electron chi connectivity index (χ4n) is 2.34. The summed E-state index contributed by atoms with van der Waals surface area (Å²) in [4.78, 5) is 13.6. The van der Waals surface area contributed by atoms with Crippen molar-refractivity contribution >= 4 is 11.6 Å². The number of aryl methyl sites for hydroxylation is 1. The van der Waals surface area contributed by atoms with E-state index in [0.717, 1.165) is 37.5 Å². The summed E-state index contributed by atoms with van der Waals surface area (Å²) in [5, 5.41) is 3.36. The molecular weight excluding hydrogens is 240 g/mol. The monoisotopic (exact) mass is 262 g/mol. The molecule has 104 valence electrons. The van der Waals surface area contributed by atoms with Gasteiger partial charge in [0.15, 0.2) is 6.61 Å². The zero-order valence-corrected chi connectivity index (χ0v) is 11.7. The highest BCUT2D eigenvalue weighted by molar-refractivity contribution is 5.77. The number of benzene rings is 1. The Bertz CT molecular complexity index is 442. The van der Waals surface area contributed by atoms with Gasteiger partial charge in [-0.25, -0.2) is 0 Å². The molecule has 1 aliphatic heterocycles. The second kappa shape index (κ2) is 6.45. The molecule has 0 unspecified atom stereocenters. The third-order valence-electron chi connectivity index (χ3n) is 3.50. The SMILES string of the molecule is CCN(CC)C(=O)COc1ccc2c(c1)NCCC2. The summed E-state index contributed by atoms with van der Waals surface area (Å²) in [6, 6.07) is 6.02. The van der Waals surface area contributed by atoms with Crippen molar-refractivity contribution in [2.75, 3.05) is 31.6 Å². The highest BCUT2D eigenvalue weighted by Gasteiger charge is 2.12. The number of rotatable bonds is 5. The number of hydrogen-bond acceptors (Lipinski definition) is 3. The van der Waals surface area contributed by atoms with Gasteiger partial charge in [-0.1, -0.05) is 6.07 Å². The normalized spacial score (nSPS) is 13.4. The molecule has 0 saturated heterocycles. The number of nitrogens with zero attached hydrogens (tertiary/aromatic N) is 1. The Morgan fingerprint density at radius 2 is 2.16 bits per heavy atom. The minimum Gasteiger partial charge on any atom is -0.484 e. The molecule has 1 heterocycles. The third kappa shape index (κ3) is 3.40. The summed E-state index contributed by atoms with van der Waals surface area (Å²) in [6.45, 7) is 6.53. The van der Waals surface area contributed by atoms with Gasteiger partial charge in [0, 0.05) is 31.4 Å². The Kier molecular flexibility index (Phi) is 4.66. The molecule has 4 heteroatoms. The minimum atomic E-state index is 0.0377. The quantitative estimate of drug-likeness (QED) is 0.885. The van der Waals surface area contributed by atoms with Gasteiger partial charge in [0.05, 0.1) is 0 Å². The summed E-state index contributed by atoms with van der Waals surface area (Å²) in [5.74, 6) is 0.796. The molecule has 0 saturated carbocycles. The predicted octanol–water partition coefficient (Wildman–Crippen LogP) is 2.29. The van der Waals surface area contributed by atoms with E-state index in [-0.39, 0.29) is 12.5 Å². The fraction of sp³-hybridized carbons (Fsp3) is 0.533. The smallest absolute Gasteiger partial charge is 0.260 e. The molecule has 1 aliphatic rings. The summed E-state index contributed by atoms with van der Waals surface area (Å²) >= 11 is 0. The number of nitrogens with one attached hydrogen (secondary N) is 1. The Labute approximate surface area is 114 Å². The number of amides is 1. The molecule has 1 amide bonds. The topological polar surface area (TPSA) is 41.6 Å². The van der Waals surface area contributed by atoms with Crippen molar-refractivity contribution in [3.05, 3.63) is 23.8 Å². The number of carbonyl (C=O) groups excluding carboxylic acids is 1. The highest BCUT2D eigenvalue weighted by atomic mass is 16.5. The van der Waals surface area contributed by atoms with Gasteiger partial charge in [-0.2, -0.15) is 0 Å². The molecule has 1 N–H and O–H groups in total. The van der Waals surface area contributed by atoms with E-state index < -0.39 is 0 Å². The van der Waals surface area contributed by atoms with E-state index in [1.54, 1.807) is 4.90 Å². The molecule has 0 aromatic heterocycles. The average molecular weight is 262 g/mol. The maximum Gasteiger partial charge on any atom is 0.260 e. The number of anilines is 1. The second-order valence-electron chi connectivity index (χ2n) is 4.70. The van der Waals surface area contributed by atoms with Gasteiger partial charge in [-0.3, -0.25) is 4.79 Å². The number of hydrogen-bond donors (Lipinski definition) is 1. The van der Waals surface area contributed by atoms with Gasteiger partial charge in [0.1, 0.15) is 5.75 Å². The molecule has 0 spiro atoms. The summed E-state index contributed by atoms with van der Waals surface area (Å²) in [7, 11) is 0. The van der Waals surface area contributed by atoms with Crippen LogP contribution in [0.1, 0.15) is 25.8 Å². The number of fused-ring (bicyclic) bond motifs is 1. The van der Waals surface area contributed by atoms with Crippen LogP contribution in [0.5, 0.6) is 5.75 Å². The van der Waals surface area contributed by atoms with Gasteiger partial charge in [0.25, 0.3) is 5.91 Å². The van der Waals surface area contributed by atoms with E-state index in [9.17, 15) is 4.79 Å². The van der Waals surface area contributed by atoms with Crippen molar-refractivity contribution in [1.82, 2.24) is 4.90 Å². The van der Waals surface area contributed by atoms with Gasteiger partial charge in [-0.05, 0) is 38.3 Å². The van der Waals surface area contributed by atoms with Crippen LogP contribution in [0.25, 0.3) is 0 Å². The molecule has 0 fully saturated rings. The maximum atomic E-state index is 11.9. The van der Waals surface area contributed by atoms with Gasteiger partial charge in [-0.15, -0.1) is 0 Å². The van der Waals surface area contributed by atoms with Crippen LogP contribution in [0.3, 0.4) is 0 Å². The lowest BCUT2D eigenvalue weighted by Crippen LogP contribution is -2.34. The van der Waals surface area contributed by atoms with Crippen molar-refractivity contribution in [1.29, 1.82) is 0 Å². The molecular formula is C15H22N2O2. The van der Waals surface area contributed by atoms with Crippen molar-refractivity contribution < 1.29 is 9.53 Å². The zero-order valence-electron chi connectivity index (χ0n) is 11.7. The fourth-order valence-corrected chi connectivity index (χ4v) is 2.34. The number of likely N-dealkylation sites (N-methyl/N-ethyl adjacent to an activating group) is 1. The summed E-state index contributed by atoms with van der Waals surface area (Å²) in [5.41, 5.74) is 2.47. The van der Waals surface area contributed by atoms with Crippen LogP contribution in [-0.2, 0) is 11.2 Å². The van der Waals surface area contributed by atoms with Crippen molar-refractivity contribution in [2.24, 2.45) is 0 Å². The lowest BCUT2D eigenvalue weighted by molar-refractivity contribution is -0.132. The highest BCUT2D eigenvalue weighted by Crippen LogP contribution is 2.26. The minimum absolute atomic E-state index is 0.0377. The Balaban J connectivity index is 1.94. The van der Waals surface area contributed by atoms with Crippen LogP contribution >= 0.6 is 0 Å². The number of carbonyl (C=O) groups is 1. The van der Waals surface area contributed by atoms with Crippen molar-refractivity contribution in [3.8, 4) is 5.75 Å². The molecule has 0 radical (unpaired) electrons. The Morgan fingerprint density at radius 1 is 1.37 bits per heavy atom. The largest absolute Gasteiger partial charge is 0.484 e. The average Bonchev–Trinajstić information content (AvgIpc) is 2.46. The zero-order chi connectivity index (χ0) is 13.7. The van der Waals surface area contributed by atoms with Gasteiger partial charge in [0.2, 0.25) is 0 Å². The van der Waals surface area contributed by atoms with E-state index in [0.29, 0.717) is 0 Å². The molecule has 1 aromatic carbocycles. The first kappa shape index (κ1) is 13.7. The van der Waals surface area contributed by atoms with Gasteiger partial charge < -0.3 is 15.0 Å². The molecule has 19 heavy (non-hydrogen) atoms. The summed E-state index contributed by atoms with van der Waals surface area (Å²) < 4.78 is 5.59. The van der Waals surface area contributed by atoms with Gasteiger partial charge >= 0.3 is 0 Å². The molecule has 0 aliphatic carbocycles. The molecule has 2 rings (SSSR count). The van der Waals surface area contributed by atoms with Crippen LogP contribution in [0.2, 0.25) is 0 Å². The van der Waals surface area contributed by atoms with E-state index in [1.807, 2.05) is 26.0 Å². The maximum absolute atomic E-state index is 11.9. The first-order valence-corrected chi connectivity index (χ1v) is 7.02. The van der Waals surface area contributed by atoms with Crippen molar-refractivity contribution in [3.63, 3.8) is 0 Å². The Morgan fingerprint density at radius 3 is 2.89 bits per heavy atom. The standard InChI is InChI=1S/C15H22N2O2/c1-3-17(4-2)15(18)11-19-13-8-7-12-6-5-9-16-14(12)10-13/h7-8,10,16H,3-6,9,11H2,1-2H3. The van der Waals surface area contributed by atoms with E-state index in [4.69, 9.17) is 4.74 Å². The van der Waals surface area contributed by atoms with Crippen LogP contribution in [0.15, 0.2) is 18.2 Å². The molecule has 4 nitrogen and oxygen atoms in total. The van der Waals surface area contributed by atoms with E-state index in [1.165, 1.54) is 12.0 Å². The molecule has 0 atom stereocenters. The van der Waals surface area contributed by atoms with E-state index in [2.05, 4.69) is 11.4 Å². The van der Waals surface area contributed by atoms with Crippen LogP contribution in [0, 0.1) is 0 Å². The van der Waals surface area contributed by atoms with Crippen molar-refractivity contribution in [2.45, 2.75) is 26.7 Å². The Hall–Kier alpha value is -1.71. The second-order valence-corrected chi connectivity index (χ2v) is 4.70. The lowest BCUT2D eigenvalue weighted by Gasteiger charge is -2.20. The van der Waals surface area contributed by atoms with Crippen LogP contribution in [-0.4, -0.2) is 37.0 Å².